The molecule has 0 aromatic carbocycles. The monoisotopic (exact) mass is 236 g/mol. The number of methoxy groups -OCH3 is 1. The second-order valence-corrected chi connectivity index (χ2v) is 5.08. The average molecular weight is 236 g/mol. The molecule has 0 aliphatic carbocycles. The number of carbonyl (C=O) groups is 1. The van der Waals surface area contributed by atoms with Crippen molar-refractivity contribution in [2.45, 2.75) is 0 Å². The first-order valence-corrected chi connectivity index (χ1v) is 5.42. The smallest absolute Gasteiger partial charge is 0.358 e. The van der Waals surface area contributed by atoms with Crippen molar-refractivity contribution in [2.24, 2.45) is 0 Å². The van der Waals surface area contributed by atoms with Crippen LogP contribution in [0.1, 0.15) is 0 Å². The zero-order valence-corrected chi connectivity index (χ0v) is 9.41. The van der Waals surface area contributed by atoms with Gasteiger partial charge in [0.25, 0.3) is 0 Å². The van der Waals surface area contributed by atoms with E-state index in [4.69, 9.17) is 0 Å². The summed E-state index contributed by atoms with van der Waals surface area (Å²) < 4.78 is 29.2. The molecule has 7 nitrogen and oxygen atoms in total. The highest BCUT2D eigenvalue weighted by atomic mass is 32.2. The number of esters is 1. The van der Waals surface area contributed by atoms with Crippen LogP contribution in [-0.4, -0.2) is 55.9 Å². The fourth-order valence-corrected chi connectivity index (χ4v) is 2.33. The van der Waals surface area contributed by atoms with Gasteiger partial charge in [0, 0.05) is 14.1 Å². The van der Waals surface area contributed by atoms with E-state index in [2.05, 4.69) is 4.74 Å². The van der Waals surface area contributed by atoms with Crippen LogP contribution in [0.2, 0.25) is 0 Å². The van der Waals surface area contributed by atoms with Crippen LogP contribution in [-0.2, 0) is 19.7 Å². The third-order valence-corrected chi connectivity index (χ3v) is 3.87. The van der Waals surface area contributed by atoms with E-state index in [-0.39, 0.29) is 18.0 Å². The fourth-order valence-electron chi connectivity index (χ4n) is 1.22. The van der Waals surface area contributed by atoms with E-state index in [0.717, 1.165) is 11.4 Å². The lowest BCUT2D eigenvalue weighted by Gasteiger charge is -2.31. The summed E-state index contributed by atoms with van der Waals surface area (Å²) in [7, 11) is -0.141. The molecular weight excluding hydrogens is 224 g/mol. The summed E-state index contributed by atoms with van der Waals surface area (Å²) in [5, 5.41) is 9.47. The molecular formula is C7H12N2O5S. The average Bonchev–Trinajstić information content (AvgIpc) is 2.15. The highest BCUT2D eigenvalue weighted by Gasteiger charge is 2.37. The molecule has 0 bridgehead atoms. The van der Waals surface area contributed by atoms with Crippen LogP contribution in [0.3, 0.4) is 0 Å². The quantitative estimate of drug-likeness (QED) is 0.593. The molecule has 0 amide bonds. The number of rotatable bonds is 1. The van der Waals surface area contributed by atoms with Crippen molar-refractivity contribution in [3.63, 3.8) is 0 Å². The third-order valence-electron chi connectivity index (χ3n) is 2.08. The van der Waals surface area contributed by atoms with Crippen LogP contribution in [0.15, 0.2) is 11.5 Å². The molecule has 0 fully saturated rings. The van der Waals surface area contributed by atoms with Gasteiger partial charge in [-0.2, -0.15) is 12.7 Å². The Kier molecular flexibility index (Phi) is 2.91. The van der Waals surface area contributed by atoms with Gasteiger partial charge in [-0.25, -0.2) is 4.79 Å². The Bertz CT molecular complexity index is 413. The van der Waals surface area contributed by atoms with Crippen LogP contribution >= 0.6 is 0 Å². The first kappa shape index (κ1) is 11.8. The molecule has 1 rings (SSSR count). The molecule has 8 heteroatoms. The van der Waals surface area contributed by atoms with Gasteiger partial charge >= 0.3 is 16.2 Å². The van der Waals surface area contributed by atoms with Crippen molar-refractivity contribution in [2.75, 3.05) is 27.7 Å². The molecule has 0 atom stereocenters. The van der Waals surface area contributed by atoms with Crippen molar-refractivity contribution in [1.29, 1.82) is 0 Å². The van der Waals surface area contributed by atoms with Gasteiger partial charge < -0.3 is 9.84 Å². The molecule has 15 heavy (non-hydrogen) atoms. The largest absolute Gasteiger partial charge is 0.508 e. The maximum absolute atomic E-state index is 11.6. The lowest BCUT2D eigenvalue weighted by molar-refractivity contribution is -0.137. The van der Waals surface area contributed by atoms with Crippen LogP contribution in [0, 0.1) is 0 Å². The summed E-state index contributed by atoms with van der Waals surface area (Å²) in [6.45, 7) is -0.239. The van der Waals surface area contributed by atoms with Gasteiger partial charge in [0.05, 0.1) is 13.7 Å². The summed E-state index contributed by atoms with van der Waals surface area (Å²) >= 11 is 0. The number of aliphatic hydroxyl groups is 1. The Labute approximate surface area is 87.7 Å². The predicted octanol–water partition coefficient (Wildman–Crippen LogP) is -0.949. The van der Waals surface area contributed by atoms with Crippen molar-refractivity contribution < 1.29 is 23.1 Å². The van der Waals surface area contributed by atoms with Gasteiger partial charge in [0.15, 0.2) is 5.70 Å². The fraction of sp³-hybridized carbons (Fsp3) is 0.571. The Balaban J connectivity index is 3.26. The number of ether oxygens (including phenoxy) is 1. The summed E-state index contributed by atoms with van der Waals surface area (Å²) in [6.07, 6.45) is 0. The molecule has 0 aromatic rings. The summed E-state index contributed by atoms with van der Waals surface area (Å²) in [5.74, 6) is -1.21. The molecule has 0 saturated heterocycles. The van der Waals surface area contributed by atoms with Crippen LogP contribution in [0.4, 0.5) is 0 Å². The van der Waals surface area contributed by atoms with Crippen molar-refractivity contribution >= 4 is 16.2 Å². The van der Waals surface area contributed by atoms with Crippen molar-refractivity contribution in [3.8, 4) is 0 Å². The molecule has 1 aliphatic heterocycles. The first-order chi connectivity index (χ1) is 6.82. The Morgan fingerprint density at radius 2 is 2.00 bits per heavy atom. The maximum atomic E-state index is 11.6. The molecule has 0 spiro atoms. The number of aliphatic hydroxyl groups excluding tert-OH is 1. The molecule has 0 unspecified atom stereocenters. The van der Waals surface area contributed by atoms with Gasteiger partial charge in [-0.05, 0) is 0 Å². The third kappa shape index (κ3) is 1.77. The number of nitrogens with zero attached hydrogens (tertiary/aromatic N) is 2. The van der Waals surface area contributed by atoms with E-state index in [9.17, 15) is 18.3 Å². The molecule has 1 N–H and O–H groups in total. The minimum Gasteiger partial charge on any atom is -0.508 e. The summed E-state index contributed by atoms with van der Waals surface area (Å²) in [4.78, 5) is 11.2. The normalized spacial score (nSPS) is 21.7. The van der Waals surface area contributed by atoms with E-state index < -0.39 is 16.2 Å². The van der Waals surface area contributed by atoms with E-state index in [1.54, 1.807) is 0 Å². The molecule has 86 valence electrons. The standard InChI is InChI=1S/C7H12N2O5S/c1-8-4-5(10)6(7(11)14-3)9(2)15(8,12)13/h10H,4H2,1-3H3. The molecule has 0 radical (unpaired) electrons. The van der Waals surface area contributed by atoms with Gasteiger partial charge in [0.2, 0.25) is 0 Å². The van der Waals surface area contributed by atoms with Crippen LogP contribution < -0.4 is 0 Å². The SMILES string of the molecule is COC(=O)C1=C(O)CN(C)S(=O)(=O)N1C. The van der Waals surface area contributed by atoms with E-state index in [1.165, 1.54) is 14.1 Å². The van der Waals surface area contributed by atoms with Gasteiger partial charge in [0.1, 0.15) is 5.76 Å². The topological polar surface area (TPSA) is 87.1 Å². The van der Waals surface area contributed by atoms with E-state index in [1.807, 2.05) is 0 Å². The van der Waals surface area contributed by atoms with Crippen molar-refractivity contribution in [3.05, 3.63) is 11.5 Å². The molecule has 1 aliphatic rings. The number of hydrogen-bond donors (Lipinski definition) is 1. The minimum absolute atomic E-state index is 0.239. The van der Waals surface area contributed by atoms with E-state index >= 15 is 0 Å². The highest BCUT2D eigenvalue weighted by molar-refractivity contribution is 7.86. The number of likely N-dealkylation sites (N-methyl/N-ethyl adjacent to an activating group) is 2. The van der Waals surface area contributed by atoms with Gasteiger partial charge in [-0.3, -0.25) is 4.31 Å². The Morgan fingerprint density at radius 3 is 2.47 bits per heavy atom. The Hall–Kier alpha value is -1.28. The lowest BCUT2D eigenvalue weighted by Crippen LogP contribution is -2.46. The molecule has 1 heterocycles. The number of hydrogen-bond acceptors (Lipinski definition) is 5. The Morgan fingerprint density at radius 1 is 1.47 bits per heavy atom. The molecule has 0 aromatic heterocycles. The van der Waals surface area contributed by atoms with E-state index in [0.29, 0.717) is 4.31 Å². The highest BCUT2D eigenvalue weighted by Crippen LogP contribution is 2.21. The lowest BCUT2D eigenvalue weighted by atomic mass is 10.3. The van der Waals surface area contributed by atoms with Crippen LogP contribution in [0.5, 0.6) is 0 Å². The zero-order valence-electron chi connectivity index (χ0n) is 8.59. The van der Waals surface area contributed by atoms with Crippen molar-refractivity contribution in [1.82, 2.24) is 8.61 Å². The minimum atomic E-state index is -3.73. The molecule has 0 saturated carbocycles. The summed E-state index contributed by atoms with van der Waals surface area (Å²) in [6, 6.07) is 0. The number of carbonyl (C=O) groups excluding carboxylic acids is 1. The predicted molar refractivity (Wildman–Crippen MR) is 51.0 cm³/mol. The second kappa shape index (κ2) is 3.70. The van der Waals surface area contributed by atoms with Gasteiger partial charge in [-0.15, -0.1) is 0 Å². The zero-order chi connectivity index (χ0) is 11.8. The van der Waals surface area contributed by atoms with Crippen LogP contribution in [0.25, 0.3) is 0 Å². The maximum Gasteiger partial charge on any atom is 0.358 e. The summed E-state index contributed by atoms with van der Waals surface area (Å²) in [5.41, 5.74) is -0.351. The first-order valence-electron chi connectivity index (χ1n) is 4.03. The second-order valence-electron chi connectivity index (χ2n) is 3.02. The van der Waals surface area contributed by atoms with Gasteiger partial charge in [-0.1, -0.05) is 0 Å².